The highest BCUT2D eigenvalue weighted by atomic mass is 16.6. The molecule has 0 heterocycles. The van der Waals surface area contributed by atoms with E-state index in [4.69, 9.17) is 14.2 Å². The third kappa shape index (κ3) is 61.7. The first-order chi connectivity index (χ1) is 37.5. The van der Waals surface area contributed by atoms with Crippen molar-refractivity contribution in [3.8, 4) is 0 Å². The van der Waals surface area contributed by atoms with E-state index in [1.54, 1.807) is 0 Å². The lowest BCUT2D eigenvalue weighted by atomic mass is 10.0. The van der Waals surface area contributed by atoms with Crippen molar-refractivity contribution in [2.75, 3.05) is 13.2 Å². The lowest BCUT2D eigenvalue weighted by Gasteiger charge is -2.18. The summed E-state index contributed by atoms with van der Waals surface area (Å²) in [6.07, 6.45) is 83.6. The highest BCUT2D eigenvalue weighted by Gasteiger charge is 2.19. The Bertz CT molecular complexity index is 1400. The van der Waals surface area contributed by atoms with Crippen molar-refractivity contribution >= 4 is 17.9 Å². The molecular weight excluding hydrogens is 937 g/mol. The van der Waals surface area contributed by atoms with Crippen molar-refractivity contribution < 1.29 is 28.6 Å². The molecule has 0 aromatic rings. The van der Waals surface area contributed by atoms with Gasteiger partial charge in [0.05, 0.1) is 0 Å². The van der Waals surface area contributed by atoms with Crippen LogP contribution in [0.3, 0.4) is 0 Å². The molecule has 6 heteroatoms. The average Bonchev–Trinajstić information content (AvgIpc) is 3.42. The van der Waals surface area contributed by atoms with Crippen LogP contribution in [0.2, 0.25) is 0 Å². The zero-order valence-corrected chi connectivity index (χ0v) is 50.5. The Kier molecular flexibility index (Phi) is 61.7. The third-order valence-electron chi connectivity index (χ3n) is 14.4. The lowest BCUT2D eigenvalue weighted by Crippen LogP contribution is -2.30. The van der Waals surface area contributed by atoms with Crippen LogP contribution in [0.5, 0.6) is 0 Å². The molecule has 0 aliphatic carbocycles. The van der Waals surface area contributed by atoms with Crippen LogP contribution >= 0.6 is 0 Å². The third-order valence-corrected chi connectivity index (χ3v) is 14.4. The largest absolute Gasteiger partial charge is 0.462 e. The number of carbonyl (C=O) groups is 3. The van der Waals surface area contributed by atoms with E-state index in [2.05, 4.69) is 93.7 Å². The zero-order chi connectivity index (χ0) is 55.0. The summed E-state index contributed by atoms with van der Waals surface area (Å²) in [4.78, 5) is 38.3. The predicted molar refractivity (Wildman–Crippen MR) is 330 cm³/mol. The summed E-state index contributed by atoms with van der Waals surface area (Å²) >= 11 is 0. The Balaban J connectivity index is 4.21. The van der Waals surface area contributed by atoms with Crippen LogP contribution in [0.4, 0.5) is 0 Å². The molecule has 1 atom stereocenters. The molecule has 0 fully saturated rings. The van der Waals surface area contributed by atoms with Gasteiger partial charge in [0.15, 0.2) is 6.10 Å². The smallest absolute Gasteiger partial charge is 0.306 e. The molecule has 6 nitrogen and oxygen atoms in total. The second-order valence-corrected chi connectivity index (χ2v) is 22.0. The fourth-order valence-corrected chi connectivity index (χ4v) is 9.48. The van der Waals surface area contributed by atoms with Gasteiger partial charge in [0, 0.05) is 19.3 Å². The summed E-state index contributed by atoms with van der Waals surface area (Å²) in [6.45, 7) is 6.51. The van der Waals surface area contributed by atoms with E-state index in [9.17, 15) is 14.4 Å². The van der Waals surface area contributed by atoms with Crippen molar-refractivity contribution in [1.29, 1.82) is 0 Å². The van der Waals surface area contributed by atoms with E-state index < -0.39 is 6.10 Å². The van der Waals surface area contributed by atoms with Gasteiger partial charge in [-0.2, -0.15) is 0 Å². The van der Waals surface area contributed by atoms with Crippen LogP contribution < -0.4 is 0 Å². The highest BCUT2D eigenvalue weighted by Crippen LogP contribution is 2.17. The minimum Gasteiger partial charge on any atom is -0.462 e. The minimum absolute atomic E-state index is 0.0885. The van der Waals surface area contributed by atoms with Gasteiger partial charge in [-0.05, 0) is 109 Å². The SMILES string of the molecule is CC/C=C\C/C=C\C/C=C\CCCCCC(=O)OCC(COC(=O)CCCCCCCCCCCCCCCCCCC/C=C\CCCCCCCCCC)OC(=O)CCCCCCC/C=C\C/C=C\CCCCCC. The van der Waals surface area contributed by atoms with Crippen molar-refractivity contribution in [2.45, 2.75) is 341 Å². The zero-order valence-electron chi connectivity index (χ0n) is 50.5. The van der Waals surface area contributed by atoms with Gasteiger partial charge in [-0.25, -0.2) is 0 Å². The molecule has 0 radical (unpaired) electrons. The van der Waals surface area contributed by atoms with Crippen LogP contribution in [-0.2, 0) is 28.6 Å². The molecule has 0 bridgehead atoms. The van der Waals surface area contributed by atoms with E-state index in [0.29, 0.717) is 19.3 Å². The van der Waals surface area contributed by atoms with Crippen molar-refractivity contribution in [1.82, 2.24) is 0 Å². The summed E-state index contributed by atoms with van der Waals surface area (Å²) in [5, 5.41) is 0. The Labute approximate surface area is 472 Å². The normalized spacial score (nSPS) is 12.5. The van der Waals surface area contributed by atoms with Crippen LogP contribution in [0.1, 0.15) is 335 Å². The quantitative estimate of drug-likeness (QED) is 0.0261. The van der Waals surface area contributed by atoms with Crippen molar-refractivity contribution in [3.63, 3.8) is 0 Å². The summed E-state index contributed by atoms with van der Waals surface area (Å²) in [5.74, 6) is -0.919. The van der Waals surface area contributed by atoms with Crippen LogP contribution in [0.15, 0.2) is 72.9 Å². The molecule has 440 valence electrons. The second kappa shape index (κ2) is 64.4. The molecule has 76 heavy (non-hydrogen) atoms. The topological polar surface area (TPSA) is 78.9 Å². The van der Waals surface area contributed by atoms with Gasteiger partial charge in [-0.3, -0.25) is 14.4 Å². The van der Waals surface area contributed by atoms with E-state index in [1.165, 1.54) is 186 Å². The first-order valence-corrected chi connectivity index (χ1v) is 32.9. The van der Waals surface area contributed by atoms with Crippen molar-refractivity contribution in [3.05, 3.63) is 72.9 Å². The van der Waals surface area contributed by atoms with Gasteiger partial charge in [0.2, 0.25) is 0 Å². The summed E-state index contributed by atoms with van der Waals surface area (Å²) < 4.78 is 16.9. The lowest BCUT2D eigenvalue weighted by molar-refractivity contribution is -0.167. The number of unbranched alkanes of at least 4 members (excludes halogenated alkanes) is 37. The Hall–Kier alpha value is -3.15. The molecule has 0 spiro atoms. The molecule has 0 saturated heterocycles. The number of allylic oxidation sites excluding steroid dienone is 12. The number of carbonyl (C=O) groups excluding carboxylic acids is 3. The Morgan fingerprint density at radius 3 is 0.842 bits per heavy atom. The van der Waals surface area contributed by atoms with Crippen LogP contribution in [-0.4, -0.2) is 37.2 Å². The van der Waals surface area contributed by atoms with Gasteiger partial charge in [0.1, 0.15) is 13.2 Å². The van der Waals surface area contributed by atoms with Crippen LogP contribution in [0.25, 0.3) is 0 Å². The molecule has 0 aliphatic rings. The maximum absolute atomic E-state index is 12.9. The van der Waals surface area contributed by atoms with Crippen molar-refractivity contribution in [2.24, 2.45) is 0 Å². The number of hydrogen-bond acceptors (Lipinski definition) is 6. The van der Waals surface area contributed by atoms with E-state index in [-0.39, 0.29) is 31.1 Å². The first kappa shape index (κ1) is 72.8. The second-order valence-electron chi connectivity index (χ2n) is 22.0. The Morgan fingerprint density at radius 1 is 0.276 bits per heavy atom. The first-order valence-electron chi connectivity index (χ1n) is 32.9. The molecule has 0 aromatic carbocycles. The van der Waals surface area contributed by atoms with Crippen LogP contribution in [0, 0.1) is 0 Å². The molecular formula is C70H124O6. The maximum Gasteiger partial charge on any atom is 0.306 e. The standard InChI is InChI=1S/C70H124O6/c1-4-7-10-13-16-19-22-25-27-29-30-31-32-33-34-35-36-37-38-39-40-41-43-45-48-51-54-57-60-63-69(72)75-66-67(65-74-68(71)62-59-56-53-50-47-44-24-21-18-15-12-9-6-3)76-70(73)64-61-58-55-52-49-46-42-28-26-23-20-17-14-11-8-5-2/h9,12,18,20-21,23,28-30,42,44,47,67H,4-8,10-11,13-17,19,22,24-27,31-41,43,45-46,48-66H2,1-3H3/b12-9-,21-18-,23-20-,30-29-,42-28-,47-44-. The monoisotopic (exact) mass is 1060 g/mol. The van der Waals surface area contributed by atoms with Gasteiger partial charge < -0.3 is 14.2 Å². The van der Waals surface area contributed by atoms with E-state index in [1.807, 2.05) is 0 Å². The van der Waals surface area contributed by atoms with Gasteiger partial charge >= 0.3 is 17.9 Å². The fourth-order valence-electron chi connectivity index (χ4n) is 9.48. The number of rotatable bonds is 60. The predicted octanol–water partition coefficient (Wildman–Crippen LogP) is 22.5. The van der Waals surface area contributed by atoms with E-state index in [0.717, 1.165) is 109 Å². The molecule has 0 N–H and O–H groups in total. The van der Waals surface area contributed by atoms with Gasteiger partial charge in [0.25, 0.3) is 0 Å². The highest BCUT2D eigenvalue weighted by molar-refractivity contribution is 5.71. The molecule has 0 rings (SSSR count). The van der Waals surface area contributed by atoms with Gasteiger partial charge in [-0.1, -0.05) is 280 Å². The van der Waals surface area contributed by atoms with Gasteiger partial charge in [-0.15, -0.1) is 0 Å². The summed E-state index contributed by atoms with van der Waals surface area (Å²) in [7, 11) is 0. The minimum atomic E-state index is -0.795. The Morgan fingerprint density at radius 2 is 0.513 bits per heavy atom. The molecule has 1 unspecified atom stereocenters. The summed E-state index contributed by atoms with van der Waals surface area (Å²) in [5.41, 5.74) is 0. The maximum atomic E-state index is 12.9. The summed E-state index contributed by atoms with van der Waals surface area (Å²) in [6, 6.07) is 0. The number of ether oxygens (including phenoxy) is 3. The van der Waals surface area contributed by atoms with E-state index >= 15 is 0 Å². The molecule has 0 aromatic heterocycles. The average molecular weight is 1060 g/mol. The number of hydrogen-bond donors (Lipinski definition) is 0. The molecule has 0 amide bonds. The molecule has 0 saturated carbocycles. The molecule has 0 aliphatic heterocycles. The number of esters is 3. The fraction of sp³-hybridized carbons (Fsp3) is 0.786.